The summed E-state index contributed by atoms with van der Waals surface area (Å²) >= 11 is 3.39. The number of aromatic nitrogens is 3. The Hall–Kier alpha value is -1.92. The molecule has 1 aromatic carbocycles. The third-order valence-electron chi connectivity index (χ3n) is 3.25. The van der Waals surface area contributed by atoms with Gasteiger partial charge in [-0.2, -0.15) is 9.78 Å². The highest BCUT2D eigenvalue weighted by molar-refractivity contribution is 7.99. The number of hydrogen-bond acceptors (Lipinski definition) is 5. The Morgan fingerprint density at radius 1 is 1.14 bits per heavy atom. The topological polar surface area (TPSA) is 43.1 Å². The molecule has 4 rings (SSSR count). The molecular weight excluding hydrogens is 300 g/mol. The maximum atomic E-state index is 4.75. The molecule has 0 radical (unpaired) electrons. The van der Waals surface area contributed by atoms with E-state index < -0.39 is 0 Å². The first-order chi connectivity index (χ1) is 10.3. The van der Waals surface area contributed by atoms with Crippen molar-refractivity contribution in [2.24, 2.45) is 5.10 Å². The maximum absolute atomic E-state index is 4.75. The van der Waals surface area contributed by atoms with Crippen molar-refractivity contribution < 1.29 is 0 Å². The first kappa shape index (κ1) is 12.8. The summed E-state index contributed by atoms with van der Waals surface area (Å²) in [6.45, 7) is 2.08. The average Bonchev–Trinajstić information content (AvgIpc) is 3.16. The predicted octanol–water partition coefficient (Wildman–Crippen LogP) is 3.67. The monoisotopic (exact) mass is 312 g/mol. The molecule has 3 heterocycles. The van der Waals surface area contributed by atoms with E-state index in [-0.39, 0.29) is 0 Å². The Labute approximate surface area is 130 Å². The van der Waals surface area contributed by atoms with Crippen LogP contribution in [0.5, 0.6) is 0 Å². The van der Waals surface area contributed by atoms with E-state index in [4.69, 9.17) is 5.10 Å². The van der Waals surface area contributed by atoms with E-state index in [1.54, 1.807) is 23.1 Å². The van der Waals surface area contributed by atoms with Crippen LogP contribution in [0.2, 0.25) is 0 Å². The van der Waals surface area contributed by atoms with E-state index in [1.165, 1.54) is 10.4 Å². The quantitative estimate of drug-likeness (QED) is 0.725. The smallest absolute Gasteiger partial charge is 0.186 e. The van der Waals surface area contributed by atoms with Crippen molar-refractivity contribution in [2.75, 3.05) is 5.75 Å². The molecule has 0 aliphatic carbocycles. The summed E-state index contributed by atoms with van der Waals surface area (Å²) in [5.74, 6) is 1.64. The molecule has 3 aromatic rings. The Morgan fingerprint density at radius 2 is 2.10 bits per heavy atom. The van der Waals surface area contributed by atoms with Crippen LogP contribution in [-0.4, -0.2) is 26.3 Å². The first-order valence-electron chi connectivity index (χ1n) is 6.58. The number of aryl methyl sites for hydroxylation is 1. The summed E-state index contributed by atoms with van der Waals surface area (Å²) in [6, 6.07) is 12.4. The van der Waals surface area contributed by atoms with Crippen molar-refractivity contribution in [2.45, 2.75) is 12.1 Å². The zero-order chi connectivity index (χ0) is 14.2. The lowest BCUT2D eigenvalue weighted by molar-refractivity contribution is 0.763. The lowest BCUT2D eigenvalue weighted by atomic mass is 10.1. The van der Waals surface area contributed by atoms with Gasteiger partial charge in [0.25, 0.3) is 0 Å². The minimum Gasteiger partial charge on any atom is -0.186 e. The number of thiophene rings is 1. The highest BCUT2D eigenvalue weighted by Crippen LogP contribution is 2.29. The van der Waals surface area contributed by atoms with Crippen LogP contribution >= 0.6 is 23.1 Å². The van der Waals surface area contributed by atoms with E-state index >= 15 is 0 Å². The molecule has 0 saturated carbocycles. The number of thioether (sulfide) groups is 1. The first-order valence-corrected chi connectivity index (χ1v) is 8.45. The number of fused-ring (bicyclic) bond motifs is 1. The molecule has 0 saturated heterocycles. The molecule has 6 heteroatoms. The molecule has 0 amide bonds. The van der Waals surface area contributed by atoms with Gasteiger partial charge in [-0.05, 0) is 24.4 Å². The standard InChI is InChI=1S/C15H12N4S2/c1-10-4-2-5-11(8-10)14-16-17-15-19(14)18-12(9-21-15)13-6-3-7-20-13/h2-8H,9H2,1H3. The minimum absolute atomic E-state index is 0.801. The molecule has 0 fully saturated rings. The fourth-order valence-electron chi connectivity index (χ4n) is 2.26. The van der Waals surface area contributed by atoms with E-state index in [2.05, 4.69) is 46.8 Å². The molecule has 104 valence electrons. The molecule has 0 atom stereocenters. The van der Waals surface area contributed by atoms with Crippen molar-refractivity contribution in [1.29, 1.82) is 0 Å². The predicted molar refractivity (Wildman–Crippen MR) is 87.2 cm³/mol. The summed E-state index contributed by atoms with van der Waals surface area (Å²) in [5.41, 5.74) is 3.33. The lowest BCUT2D eigenvalue weighted by Crippen LogP contribution is -2.12. The molecule has 1 aliphatic heterocycles. The van der Waals surface area contributed by atoms with Crippen LogP contribution in [0.3, 0.4) is 0 Å². The second-order valence-corrected chi connectivity index (χ2v) is 6.69. The van der Waals surface area contributed by atoms with Gasteiger partial charge in [-0.25, -0.2) is 0 Å². The van der Waals surface area contributed by atoms with Crippen molar-refractivity contribution in [3.8, 4) is 11.4 Å². The molecule has 4 nitrogen and oxygen atoms in total. The van der Waals surface area contributed by atoms with E-state index in [1.807, 2.05) is 16.8 Å². The molecule has 0 unspecified atom stereocenters. The van der Waals surface area contributed by atoms with Crippen molar-refractivity contribution in [3.05, 3.63) is 52.2 Å². The highest BCUT2D eigenvalue weighted by atomic mass is 32.2. The van der Waals surface area contributed by atoms with Crippen molar-refractivity contribution in [1.82, 2.24) is 14.9 Å². The fourth-order valence-corrected chi connectivity index (χ4v) is 3.88. The molecule has 0 spiro atoms. The molecule has 2 aromatic heterocycles. The third-order valence-corrected chi connectivity index (χ3v) is 5.10. The normalized spacial score (nSPS) is 13.9. The van der Waals surface area contributed by atoms with Gasteiger partial charge in [-0.3, -0.25) is 0 Å². The van der Waals surface area contributed by atoms with Crippen LogP contribution in [0.15, 0.2) is 52.0 Å². The van der Waals surface area contributed by atoms with E-state index in [0.29, 0.717) is 0 Å². The summed E-state index contributed by atoms with van der Waals surface area (Å²) in [4.78, 5) is 1.21. The van der Waals surface area contributed by atoms with Gasteiger partial charge in [-0.1, -0.05) is 41.6 Å². The average molecular weight is 312 g/mol. The maximum Gasteiger partial charge on any atom is 0.212 e. The van der Waals surface area contributed by atoms with Gasteiger partial charge in [0.15, 0.2) is 5.82 Å². The van der Waals surface area contributed by atoms with Gasteiger partial charge in [0, 0.05) is 11.3 Å². The van der Waals surface area contributed by atoms with E-state index in [0.717, 1.165) is 28.0 Å². The number of hydrogen-bond donors (Lipinski definition) is 0. The van der Waals surface area contributed by atoms with Crippen LogP contribution in [0.4, 0.5) is 0 Å². The molecule has 0 bridgehead atoms. The van der Waals surface area contributed by atoms with Gasteiger partial charge in [-0.15, -0.1) is 21.5 Å². The third kappa shape index (κ3) is 2.30. The van der Waals surface area contributed by atoms with Crippen LogP contribution in [0.1, 0.15) is 10.4 Å². The molecular formula is C15H12N4S2. The van der Waals surface area contributed by atoms with Crippen LogP contribution in [0.25, 0.3) is 11.4 Å². The highest BCUT2D eigenvalue weighted by Gasteiger charge is 2.21. The van der Waals surface area contributed by atoms with E-state index in [9.17, 15) is 0 Å². The Morgan fingerprint density at radius 3 is 2.90 bits per heavy atom. The van der Waals surface area contributed by atoms with Gasteiger partial charge in [0.2, 0.25) is 5.16 Å². The van der Waals surface area contributed by atoms with Gasteiger partial charge in [0.1, 0.15) is 0 Å². The minimum atomic E-state index is 0.801. The SMILES string of the molecule is Cc1cccc(-c2nnc3n2N=C(c2cccs2)CS3)c1. The zero-order valence-electron chi connectivity index (χ0n) is 11.4. The molecule has 0 N–H and O–H groups in total. The second-order valence-electron chi connectivity index (χ2n) is 4.80. The van der Waals surface area contributed by atoms with Gasteiger partial charge >= 0.3 is 0 Å². The Balaban J connectivity index is 1.83. The van der Waals surface area contributed by atoms with Crippen LogP contribution in [0, 0.1) is 6.92 Å². The summed E-state index contributed by atoms with van der Waals surface area (Å²) in [5, 5.41) is 16.2. The molecule has 21 heavy (non-hydrogen) atoms. The Kier molecular flexibility index (Phi) is 3.12. The summed E-state index contributed by atoms with van der Waals surface area (Å²) in [6.07, 6.45) is 0. The van der Waals surface area contributed by atoms with Crippen LogP contribution < -0.4 is 0 Å². The van der Waals surface area contributed by atoms with Crippen molar-refractivity contribution >= 4 is 28.8 Å². The fraction of sp³-hybridized carbons (Fsp3) is 0.133. The second kappa shape index (κ2) is 5.13. The number of rotatable bonds is 2. The number of nitrogens with zero attached hydrogens (tertiary/aromatic N) is 4. The number of benzene rings is 1. The Bertz CT molecular complexity index is 818. The lowest BCUT2D eigenvalue weighted by Gasteiger charge is -2.12. The van der Waals surface area contributed by atoms with Crippen LogP contribution in [-0.2, 0) is 0 Å². The summed E-state index contributed by atoms with van der Waals surface area (Å²) < 4.78 is 1.86. The summed E-state index contributed by atoms with van der Waals surface area (Å²) in [7, 11) is 0. The van der Waals surface area contributed by atoms with Gasteiger partial charge in [0.05, 0.1) is 10.6 Å². The zero-order valence-corrected chi connectivity index (χ0v) is 13.0. The van der Waals surface area contributed by atoms with Crippen molar-refractivity contribution in [3.63, 3.8) is 0 Å². The van der Waals surface area contributed by atoms with Gasteiger partial charge < -0.3 is 0 Å². The largest absolute Gasteiger partial charge is 0.212 e. The molecule has 1 aliphatic rings.